The number of anilines is 1. The van der Waals surface area contributed by atoms with Crippen LogP contribution in [0.5, 0.6) is 0 Å². The first-order chi connectivity index (χ1) is 17.2. The van der Waals surface area contributed by atoms with E-state index in [0.29, 0.717) is 60.8 Å². The summed E-state index contributed by atoms with van der Waals surface area (Å²) in [6.45, 7) is 3.08. The lowest BCUT2D eigenvalue weighted by Gasteiger charge is -2.16. The third kappa shape index (κ3) is 5.53. The third-order valence-corrected chi connectivity index (χ3v) is 6.43. The highest BCUT2D eigenvalue weighted by Crippen LogP contribution is 2.37. The zero-order valence-corrected chi connectivity index (χ0v) is 20.3. The fraction of sp³-hybridized carbons (Fsp3) is 0.409. The van der Waals surface area contributed by atoms with E-state index in [4.69, 9.17) is 14.1 Å². The fourth-order valence-corrected chi connectivity index (χ4v) is 4.49. The van der Waals surface area contributed by atoms with Gasteiger partial charge in [0.2, 0.25) is 0 Å². The number of pyridine rings is 1. The Morgan fingerprint density at radius 3 is 2.83 bits per heavy atom. The van der Waals surface area contributed by atoms with E-state index in [1.54, 1.807) is 29.3 Å². The van der Waals surface area contributed by atoms with E-state index in [-0.39, 0.29) is 12.7 Å². The van der Waals surface area contributed by atoms with Gasteiger partial charge in [-0.05, 0) is 24.3 Å². The summed E-state index contributed by atoms with van der Waals surface area (Å²) in [6, 6.07) is 7.97. The van der Waals surface area contributed by atoms with Gasteiger partial charge in [0.05, 0.1) is 44.2 Å². The number of rotatable bonds is 8. The van der Waals surface area contributed by atoms with Gasteiger partial charge in [0.15, 0.2) is 6.10 Å². The van der Waals surface area contributed by atoms with Gasteiger partial charge in [-0.25, -0.2) is 9.18 Å². The van der Waals surface area contributed by atoms with E-state index < -0.39 is 25.6 Å². The number of amides is 1. The summed E-state index contributed by atoms with van der Waals surface area (Å²) in [5.41, 5.74) is 2.40. The third-order valence-electron chi connectivity index (χ3n) is 5.80. The Balaban J connectivity index is 1.22. The van der Waals surface area contributed by atoms with Crippen LogP contribution >= 0.6 is 7.60 Å². The molecule has 3 atom stereocenters. The van der Waals surface area contributed by atoms with Crippen molar-refractivity contribution in [2.24, 2.45) is 15.5 Å². The average molecular weight is 518 g/mol. The summed E-state index contributed by atoms with van der Waals surface area (Å²) in [4.78, 5) is 32.6. The number of carbonyl (C=O) groups excluding carboxylic acids is 1. The van der Waals surface area contributed by atoms with Crippen molar-refractivity contribution in [2.45, 2.75) is 18.6 Å². The van der Waals surface area contributed by atoms with Gasteiger partial charge in [0, 0.05) is 30.4 Å². The van der Waals surface area contributed by atoms with Gasteiger partial charge in [-0.3, -0.25) is 19.5 Å². The second-order valence-electron chi connectivity index (χ2n) is 8.65. The van der Waals surface area contributed by atoms with Crippen molar-refractivity contribution in [3.63, 3.8) is 0 Å². The lowest BCUT2D eigenvalue weighted by Crippen LogP contribution is -2.31. The number of cyclic esters (lactones) is 1. The van der Waals surface area contributed by atoms with Crippen LogP contribution in [0.2, 0.25) is 0 Å². The predicted octanol–water partition coefficient (Wildman–Crippen LogP) is 3.22. The van der Waals surface area contributed by atoms with Crippen molar-refractivity contribution in [3.05, 3.63) is 48.0 Å². The predicted molar refractivity (Wildman–Crippen MR) is 126 cm³/mol. The maximum atomic E-state index is 15.0. The molecule has 190 valence electrons. The topological polar surface area (TPSA) is 139 Å². The molecule has 1 aromatic carbocycles. The Hall–Kier alpha value is -3.41. The van der Waals surface area contributed by atoms with Crippen LogP contribution < -0.4 is 4.90 Å². The number of hydrogen-bond donors (Lipinski definition) is 1. The molecule has 0 aliphatic carbocycles. The highest BCUT2D eigenvalue weighted by atomic mass is 31.2. The maximum absolute atomic E-state index is 15.0. The minimum atomic E-state index is -3.60. The van der Waals surface area contributed by atoms with Crippen molar-refractivity contribution in [2.75, 3.05) is 44.4 Å². The van der Waals surface area contributed by atoms with Crippen molar-refractivity contribution in [3.8, 4) is 11.1 Å². The Labute approximate surface area is 205 Å². The Bertz CT molecular complexity index is 1250. The van der Waals surface area contributed by atoms with Gasteiger partial charge in [-0.15, -0.1) is 0 Å². The highest BCUT2D eigenvalue weighted by Gasteiger charge is 2.34. The summed E-state index contributed by atoms with van der Waals surface area (Å²) in [7, 11) is -3.60. The highest BCUT2D eigenvalue weighted by molar-refractivity contribution is 7.51. The molecule has 1 aromatic heterocycles. The normalized spacial score (nSPS) is 23.0. The standard InChI is InChI=1S/C22H24FN6O6P/c1-36(31,32)33-13-16-9-21(26-35-16)20-5-2-14(10-24-20)18-4-3-15(8-19(18)23)29-12-17(34-22(29)30)11-28-7-6-25-27-28/h2-5,8,10,16-17H,6-7,9,11-13H2,1H3,(H,31,32)/t16?,17-/m0/s1. The van der Waals surface area contributed by atoms with Crippen LogP contribution in [0.1, 0.15) is 12.1 Å². The van der Waals surface area contributed by atoms with Crippen molar-refractivity contribution in [1.29, 1.82) is 0 Å². The van der Waals surface area contributed by atoms with Crippen LogP contribution in [0.25, 0.3) is 11.1 Å². The molecule has 2 aromatic rings. The van der Waals surface area contributed by atoms with Gasteiger partial charge in [-0.1, -0.05) is 16.4 Å². The smallest absolute Gasteiger partial charge is 0.414 e. The van der Waals surface area contributed by atoms with Crippen molar-refractivity contribution < 1.29 is 32.7 Å². The summed E-state index contributed by atoms with van der Waals surface area (Å²) < 4.78 is 36.6. The first kappa shape index (κ1) is 24.3. The van der Waals surface area contributed by atoms with Gasteiger partial charge >= 0.3 is 13.7 Å². The SMILES string of the molecule is CP(=O)(O)OCC1CC(c2ccc(-c3ccc(N4C[C@H](CN5CCN=N5)OC4=O)cc3F)cn2)=NO1. The number of aromatic nitrogens is 1. The van der Waals surface area contributed by atoms with E-state index in [1.807, 2.05) is 0 Å². The maximum Gasteiger partial charge on any atom is 0.414 e. The molecule has 0 spiro atoms. The van der Waals surface area contributed by atoms with Crippen LogP contribution in [0.4, 0.5) is 14.9 Å². The number of ether oxygens (including phenoxy) is 1. The molecule has 3 aliphatic rings. The molecule has 1 amide bonds. The van der Waals surface area contributed by atoms with Crippen LogP contribution in [0.15, 0.2) is 52.0 Å². The largest absolute Gasteiger partial charge is 0.442 e. The number of nitrogens with zero attached hydrogens (tertiary/aromatic N) is 6. The molecule has 3 aliphatic heterocycles. The lowest BCUT2D eigenvalue weighted by atomic mass is 10.0. The minimum Gasteiger partial charge on any atom is -0.442 e. The second kappa shape index (κ2) is 9.92. The minimum absolute atomic E-state index is 0.0678. The fourth-order valence-electron chi connectivity index (χ4n) is 4.05. The van der Waals surface area contributed by atoms with Gasteiger partial charge in [-0.2, -0.15) is 5.11 Å². The van der Waals surface area contributed by atoms with E-state index in [9.17, 15) is 14.3 Å². The Morgan fingerprint density at radius 1 is 1.28 bits per heavy atom. The molecule has 2 unspecified atom stereocenters. The van der Waals surface area contributed by atoms with Crippen LogP contribution in [-0.2, 0) is 18.7 Å². The molecule has 1 fully saturated rings. The number of carbonyl (C=O) groups is 1. The molecule has 12 nitrogen and oxygen atoms in total. The summed E-state index contributed by atoms with van der Waals surface area (Å²) in [6.07, 6.45) is 0.501. The molecule has 4 heterocycles. The number of halogens is 1. The van der Waals surface area contributed by atoms with E-state index >= 15 is 4.39 Å². The zero-order chi connectivity index (χ0) is 25.3. The Kier molecular flexibility index (Phi) is 6.69. The van der Waals surface area contributed by atoms with Gasteiger partial charge in [0.1, 0.15) is 17.6 Å². The van der Waals surface area contributed by atoms with Crippen molar-refractivity contribution in [1.82, 2.24) is 9.99 Å². The first-order valence-electron chi connectivity index (χ1n) is 11.3. The molecule has 0 saturated carbocycles. The molecule has 1 saturated heterocycles. The number of benzene rings is 1. The summed E-state index contributed by atoms with van der Waals surface area (Å²) >= 11 is 0. The zero-order valence-electron chi connectivity index (χ0n) is 19.4. The molecule has 14 heteroatoms. The molecule has 36 heavy (non-hydrogen) atoms. The van der Waals surface area contributed by atoms with E-state index in [2.05, 4.69) is 20.5 Å². The first-order valence-corrected chi connectivity index (χ1v) is 13.3. The van der Waals surface area contributed by atoms with Gasteiger partial charge in [0.25, 0.3) is 0 Å². The second-order valence-corrected chi connectivity index (χ2v) is 10.5. The summed E-state index contributed by atoms with van der Waals surface area (Å²) in [5, 5.41) is 13.6. The van der Waals surface area contributed by atoms with E-state index in [0.717, 1.165) is 6.66 Å². The molecule has 1 N–H and O–H groups in total. The van der Waals surface area contributed by atoms with Gasteiger partial charge < -0.3 is 19.0 Å². The number of hydrogen-bond acceptors (Lipinski definition) is 10. The molecular formula is C22H24FN6O6P. The monoisotopic (exact) mass is 518 g/mol. The van der Waals surface area contributed by atoms with Crippen molar-refractivity contribution >= 4 is 25.1 Å². The van der Waals surface area contributed by atoms with Crippen LogP contribution in [0, 0.1) is 5.82 Å². The van der Waals surface area contributed by atoms with Crippen LogP contribution in [-0.4, -0.2) is 78.3 Å². The van der Waals surface area contributed by atoms with E-state index in [1.165, 1.54) is 17.2 Å². The quantitative estimate of drug-likeness (QED) is 0.526. The Morgan fingerprint density at radius 2 is 2.14 bits per heavy atom. The number of oxime groups is 1. The lowest BCUT2D eigenvalue weighted by molar-refractivity contribution is 0.0440. The van der Waals surface area contributed by atoms with Crippen LogP contribution in [0.3, 0.4) is 0 Å². The molecule has 0 radical (unpaired) electrons. The molecule has 0 bridgehead atoms. The summed E-state index contributed by atoms with van der Waals surface area (Å²) in [5.74, 6) is -0.501. The molecule has 5 rings (SSSR count). The average Bonchev–Trinajstić information content (AvgIpc) is 3.59. The molecular weight excluding hydrogens is 494 g/mol.